The molecule has 0 aromatic heterocycles. The van der Waals surface area contributed by atoms with Crippen molar-refractivity contribution in [3.63, 3.8) is 0 Å². The van der Waals surface area contributed by atoms with Crippen LogP contribution in [0, 0.1) is 28.6 Å². The van der Waals surface area contributed by atoms with Gasteiger partial charge >= 0.3 is 5.97 Å². The second-order valence-corrected chi connectivity index (χ2v) is 9.27. The molecule has 0 bridgehead atoms. The average molecular weight is 345 g/mol. The molecule has 138 valence electrons. The molecule has 2 N–H and O–H groups in total. The molecular formula is C21H31NO3. The summed E-state index contributed by atoms with van der Waals surface area (Å²) >= 11 is 0. The molecule has 4 nitrogen and oxygen atoms in total. The van der Waals surface area contributed by atoms with Gasteiger partial charge in [0.05, 0.1) is 6.54 Å². The lowest BCUT2D eigenvalue weighted by Crippen LogP contribution is -2.51. The van der Waals surface area contributed by atoms with Crippen LogP contribution in [0.5, 0.6) is 0 Å². The first-order valence-electron chi connectivity index (χ1n) is 10.0. The molecule has 0 radical (unpaired) electrons. The van der Waals surface area contributed by atoms with Crippen molar-refractivity contribution in [2.45, 2.75) is 71.3 Å². The van der Waals surface area contributed by atoms with Gasteiger partial charge in [0, 0.05) is 11.8 Å². The predicted molar refractivity (Wildman–Crippen MR) is 95.6 cm³/mol. The number of nitrogens with two attached hydrogens (primary N) is 1. The Balaban J connectivity index is 1.59. The molecule has 3 saturated carbocycles. The van der Waals surface area contributed by atoms with Gasteiger partial charge in [-0.05, 0) is 74.2 Å². The van der Waals surface area contributed by atoms with E-state index in [9.17, 15) is 9.59 Å². The summed E-state index contributed by atoms with van der Waals surface area (Å²) < 4.78 is 5.74. The zero-order valence-electron chi connectivity index (χ0n) is 15.6. The Bertz CT molecular complexity index is 627. The summed E-state index contributed by atoms with van der Waals surface area (Å²) in [7, 11) is 0. The van der Waals surface area contributed by atoms with Crippen LogP contribution in [0.2, 0.25) is 0 Å². The third-order valence-corrected chi connectivity index (χ3v) is 8.32. The molecule has 0 heterocycles. The second-order valence-electron chi connectivity index (χ2n) is 9.27. The van der Waals surface area contributed by atoms with Crippen LogP contribution in [0.4, 0.5) is 0 Å². The van der Waals surface area contributed by atoms with Gasteiger partial charge in [0.15, 0.2) is 5.78 Å². The van der Waals surface area contributed by atoms with E-state index in [1.54, 1.807) is 0 Å². The van der Waals surface area contributed by atoms with E-state index in [4.69, 9.17) is 10.5 Å². The number of allylic oxidation sites excluding steroid dienone is 1. The van der Waals surface area contributed by atoms with E-state index in [2.05, 4.69) is 13.8 Å². The van der Waals surface area contributed by atoms with Gasteiger partial charge < -0.3 is 10.5 Å². The van der Waals surface area contributed by atoms with Crippen LogP contribution in [0.1, 0.15) is 65.2 Å². The average Bonchev–Trinajstić information content (AvgIpc) is 2.92. The highest BCUT2D eigenvalue weighted by molar-refractivity contribution is 5.91. The predicted octanol–water partition coefficient (Wildman–Crippen LogP) is 3.39. The molecule has 6 atom stereocenters. The van der Waals surface area contributed by atoms with Crippen molar-refractivity contribution >= 4 is 11.8 Å². The van der Waals surface area contributed by atoms with E-state index < -0.39 is 0 Å². The Kier molecular flexibility index (Phi) is 4.10. The number of ether oxygens (including phenoxy) is 1. The highest BCUT2D eigenvalue weighted by Gasteiger charge is 2.59. The minimum absolute atomic E-state index is 0.0243. The number of hydrogen-bond acceptors (Lipinski definition) is 4. The maximum atomic E-state index is 11.9. The number of fused-ring (bicyclic) bond motifs is 5. The van der Waals surface area contributed by atoms with Gasteiger partial charge in [-0.15, -0.1) is 0 Å². The lowest BCUT2D eigenvalue weighted by molar-refractivity contribution is -0.158. The van der Waals surface area contributed by atoms with Crippen LogP contribution in [0.25, 0.3) is 0 Å². The number of carbonyl (C=O) groups excluding carboxylic acids is 2. The molecule has 4 aliphatic rings. The monoisotopic (exact) mass is 345 g/mol. The van der Waals surface area contributed by atoms with Crippen LogP contribution < -0.4 is 5.73 Å². The number of esters is 1. The van der Waals surface area contributed by atoms with E-state index in [1.165, 1.54) is 18.4 Å². The summed E-state index contributed by atoms with van der Waals surface area (Å²) in [5.41, 5.74) is 7.19. The summed E-state index contributed by atoms with van der Waals surface area (Å²) in [5.74, 6) is 2.08. The van der Waals surface area contributed by atoms with Gasteiger partial charge in [-0.3, -0.25) is 9.59 Å². The fraction of sp³-hybridized carbons (Fsp3) is 0.810. The first kappa shape index (κ1) is 17.3. The molecule has 0 aromatic carbocycles. The Morgan fingerprint density at radius 3 is 2.72 bits per heavy atom. The summed E-state index contributed by atoms with van der Waals surface area (Å²) in [6.07, 6.45) is 10.5. The van der Waals surface area contributed by atoms with Gasteiger partial charge in [0.1, 0.15) is 6.10 Å². The van der Waals surface area contributed by atoms with E-state index >= 15 is 0 Å². The fourth-order valence-electron chi connectivity index (χ4n) is 6.91. The quantitative estimate of drug-likeness (QED) is 0.779. The first-order chi connectivity index (χ1) is 11.9. The molecule has 0 aliphatic heterocycles. The van der Waals surface area contributed by atoms with Crippen molar-refractivity contribution in [2.75, 3.05) is 6.54 Å². The van der Waals surface area contributed by atoms with Crippen molar-refractivity contribution in [1.29, 1.82) is 0 Å². The molecule has 0 spiro atoms. The maximum absolute atomic E-state index is 11.9. The van der Waals surface area contributed by atoms with E-state index in [1.807, 2.05) is 6.08 Å². The summed E-state index contributed by atoms with van der Waals surface area (Å²) in [6, 6.07) is 0. The van der Waals surface area contributed by atoms with Crippen molar-refractivity contribution in [2.24, 2.45) is 34.3 Å². The molecule has 0 aromatic rings. The van der Waals surface area contributed by atoms with Gasteiger partial charge in [0.2, 0.25) is 0 Å². The highest BCUT2D eigenvalue weighted by atomic mass is 16.5. The number of rotatable bonds is 2. The summed E-state index contributed by atoms with van der Waals surface area (Å²) in [5, 5.41) is 0. The molecule has 0 saturated heterocycles. The van der Waals surface area contributed by atoms with Crippen molar-refractivity contribution in [1.82, 2.24) is 0 Å². The molecule has 4 rings (SSSR count). The minimum atomic E-state index is -0.263. The number of carbonyl (C=O) groups is 2. The third-order valence-electron chi connectivity index (χ3n) is 8.32. The lowest BCUT2D eigenvalue weighted by Gasteiger charge is -2.57. The van der Waals surface area contributed by atoms with Crippen molar-refractivity contribution in [3.05, 3.63) is 11.6 Å². The van der Waals surface area contributed by atoms with Gasteiger partial charge in [0.25, 0.3) is 0 Å². The van der Waals surface area contributed by atoms with Crippen LogP contribution >= 0.6 is 0 Å². The maximum Gasteiger partial charge on any atom is 0.319 e. The Hall–Kier alpha value is -1.16. The smallest absolute Gasteiger partial charge is 0.319 e. The largest absolute Gasteiger partial charge is 0.461 e. The SMILES string of the molecule is C[C@]12CCC(=O)C=C1CCC1C2CC[C@@]2(C)C1CC[C@@H]2OC(=O)CN. The Morgan fingerprint density at radius 1 is 1.16 bits per heavy atom. The molecule has 25 heavy (non-hydrogen) atoms. The molecular weight excluding hydrogens is 314 g/mol. The lowest BCUT2D eigenvalue weighted by atomic mass is 9.47. The van der Waals surface area contributed by atoms with E-state index in [-0.39, 0.29) is 29.4 Å². The van der Waals surface area contributed by atoms with Crippen LogP contribution in [0.3, 0.4) is 0 Å². The van der Waals surface area contributed by atoms with Crippen LogP contribution in [-0.4, -0.2) is 24.4 Å². The van der Waals surface area contributed by atoms with Gasteiger partial charge in [-0.25, -0.2) is 0 Å². The number of ketones is 1. The third kappa shape index (κ3) is 2.51. The second kappa shape index (κ2) is 5.94. The summed E-state index contributed by atoms with van der Waals surface area (Å²) in [4.78, 5) is 23.6. The van der Waals surface area contributed by atoms with Crippen molar-refractivity contribution < 1.29 is 14.3 Å². The minimum Gasteiger partial charge on any atom is -0.461 e. The molecule has 0 amide bonds. The molecule has 4 heteroatoms. The highest BCUT2D eigenvalue weighted by Crippen LogP contribution is 2.65. The summed E-state index contributed by atoms with van der Waals surface area (Å²) in [6.45, 7) is 4.72. The standard InChI is InChI=1S/C21H31NO3/c1-20-9-7-14(23)11-13(20)3-4-15-16-5-6-18(25-19(24)12-22)21(16,2)10-8-17(15)20/h11,15-18H,3-10,12,22H2,1-2H3/t15?,16?,17?,18-,20-,21-/m0/s1. The zero-order chi connectivity index (χ0) is 17.8. The van der Waals surface area contributed by atoms with Gasteiger partial charge in [-0.1, -0.05) is 19.4 Å². The fourth-order valence-corrected chi connectivity index (χ4v) is 6.91. The normalized spacial score (nSPS) is 45.9. The topological polar surface area (TPSA) is 69.4 Å². The van der Waals surface area contributed by atoms with E-state index in [0.29, 0.717) is 30.0 Å². The molecule has 3 unspecified atom stereocenters. The number of hydrogen-bond donors (Lipinski definition) is 1. The van der Waals surface area contributed by atoms with Crippen molar-refractivity contribution in [3.8, 4) is 0 Å². The van der Waals surface area contributed by atoms with Crippen LogP contribution in [0.15, 0.2) is 11.6 Å². The molecule has 4 aliphatic carbocycles. The first-order valence-corrected chi connectivity index (χ1v) is 10.0. The Labute approximate surface area is 150 Å². The van der Waals surface area contributed by atoms with Crippen LogP contribution in [-0.2, 0) is 14.3 Å². The van der Waals surface area contributed by atoms with Gasteiger partial charge in [-0.2, -0.15) is 0 Å². The Morgan fingerprint density at radius 2 is 1.96 bits per heavy atom. The molecule has 3 fully saturated rings. The zero-order valence-corrected chi connectivity index (χ0v) is 15.6. The van der Waals surface area contributed by atoms with E-state index in [0.717, 1.165) is 32.1 Å².